The van der Waals surface area contributed by atoms with E-state index in [0.29, 0.717) is 18.0 Å². The van der Waals surface area contributed by atoms with E-state index in [-0.39, 0.29) is 5.91 Å². The Hall–Kier alpha value is -1.20. The molecular weight excluding hydrogens is 284 g/mol. The van der Waals surface area contributed by atoms with Gasteiger partial charge in [0, 0.05) is 0 Å². The molecule has 0 aliphatic carbocycles. The predicted molar refractivity (Wildman–Crippen MR) is 91.3 cm³/mol. The van der Waals surface area contributed by atoms with Crippen molar-refractivity contribution < 1.29 is 9.53 Å². The maximum Gasteiger partial charge on any atom is 0.238 e. The summed E-state index contributed by atoms with van der Waals surface area (Å²) in [6, 6.07) is 7.42. The van der Waals surface area contributed by atoms with E-state index in [9.17, 15) is 4.79 Å². The first-order chi connectivity index (χ1) is 10.3. The lowest BCUT2D eigenvalue weighted by Gasteiger charge is -2.10. The zero-order chi connectivity index (χ0) is 15.3. The lowest BCUT2D eigenvalue weighted by molar-refractivity contribution is -0.115. The zero-order valence-electron chi connectivity index (χ0n) is 13.0. The molecule has 1 aromatic rings. The molecule has 0 saturated heterocycles. The van der Waals surface area contributed by atoms with Crippen LogP contribution in [-0.2, 0) is 4.79 Å². The lowest BCUT2D eigenvalue weighted by Crippen LogP contribution is -2.28. The van der Waals surface area contributed by atoms with E-state index in [0.717, 1.165) is 13.0 Å². The summed E-state index contributed by atoms with van der Waals surface area (Å²) in [4.78, 5) is 11.8. The van der Waals surface area contributed by atoms with Crippen LogP contribution in [0.4, 0.5) is 5.69 Å². The Morgan fingerprint density at radius 3 is 2.71 bits per heavy atom. The van der Waals surface area contributed by atoms with Crippen molar-refractivity contribution in [1.29, 1.82) is 0 Å². The number of methoxy groups -OCH3 is 1. The Labute approximate surface area is 132 Å². The number of thioether (sulfide) groups is 1. The van der Waals surface area contributed by atoms with E-state index in [1.54, 1.807) is 7.11 Å². The van der Waals surface area contributed by atoms with Crippen LogP contribution in [0, 0.1) is 0 Å². The van der Waals surface area contributed by atoms with Gasteiger partial charge in [0.25, 0.3) is 0 Å². The van der Waals surface area contributed by atoms with Crippen molar-refractivity contribution in [3.63, 3.8) is 0 Å². The summed E-state index contributed by atoms with van der Waals surface area (Å²) < 4.78 is 5.20. The van der Waals surface area contributed by atoms with Crippen LogP contribution in [-0.4, -0.2) is 38.1 Å². The number of carbonyl (C=O) groups excluding carboxylic acids is 1. The van der Waals surface area contributed by atoms with Crippen molar-refractivity contribution in [3.8, 4) is 5.75 Å². The second kappa shape index (κ2) is 11.5. The number of benzene rings is 1. The van der Waals surface area contributed by atoms with Crippen LogP contribution in [0.15, 0.2) is 24.3 Å². The van der Waals surface area contributed by atoms with Crippen LogP contribution >= 0.6 is 11.8 Å². The number of amides is 1. The number of unbranched alkanes of at least 4 members (excludes halogenated alkanes) is 3. The molecule has 21 heavy (non-hydrogen) atoms. The van der Waals surface area contributed by atoms with Gasteiger partial charge in [-0.25, -0.2) is 0 Å². The van der Waals surface area contributed by atoms with Gasteiger partial charge in [-0.1, -0.05) is 25.0 Å². The molecule has 0 heterocycles. The molecule has 1 aromatic carbocycles. The highest BCUT2D eigenvalue weighted by Gasteiger charge is 2.05. The molecule has 0 unspecified atom stereocenters. The van der Waals surface area contributed by atoms with Crippen LogP contribution in [0.3, 0.4) is 0 Å². The number of rotatable bonds is 11. The Balaban J connectivity index is 2.11. The van der Waals surface area contributed by atoms with Gasteiger partial charge in [0.15, 0.2) is 0 Å². The first-order valence-electron chi connectivity index (χ1n) is 7.40. The van der Waals surface area contributed by atoms with Crippen molar-refractivity contribution in [2.24, 2.45) is 0 Å². The highest BCUT2D eigenvalue weighted by molar-refractivity contribution is 7.98. The summed E-state index contributed by atoms with van der Waals surface area (Å²) >= 11 is 1.90. The van der Waals surface area contributed by atoms with Crippen LogP contribution < -0.4 is 15.4 Å². The molecule has 5 heteroatoms. The number of anilines is 1. The fourth-order valence-corrected chi connectivity index (χ4v) is 2.49. The van der Waals surface area contributed by atoms with E-state index < -0.39 is 0 Å². The first kappa shape index (κ1) is 17.9. The summed E-state index contributed by atoms with van der Waals surface area (Å²) in [5, 5.41) is 6.03. The molecule has 2 N–H and O–H groups in total. The molecular formula is C16H26N2O2S. The standard InChI is InChI=1S/C16H26N2O2S/c1-20-15-10-6-5-9-14(15)18-16(19)13-17-11-7-3-4-8-12-21-2/h5-6,9-10,17H,3-4,7-8,11-13H2,1-2H3,(H,18,19). The smallest absolute Gasteiger partial charge is 0.238 e. The molecule has 0 aromatic heterocycles. The fourth-order valence-electron chi connectivity index (χ4n) is 1.99. The van der Waals surface area contributed by atoms with Crippen LogP contribution in [0.5, 0.6) is 5.75 Å². The number of ether oxygens (including phenoxy) is 1. The van der Waals surface area contributed by atoms with Crippen LogP contribution in [0.25, 0.3) is 0 Å². The predicted octanol–water partition coefficient (Wildman–Crippen LogP) is 3.15. The normalized spacial score (nSPS) is 10.4. The average Bonchev–Trinajstić information content (AvgIpc) is 2.50. The van der Waals surface area contributed by atoms with Crippen LogP contribution in [0.1, 0.15) is 25.7 Å². The Kier molecular flexibility index (Phi) is 9.74. The maximum atomic E-state index is 11.8. The highest BCUT2D eigenvalue weighted by Crippen LogP contribution is 2.22. The van der Waals surface area contributed by atoms with Crippen LogP contribution in [0.2, 0.25) is 0 Å². The van der Waals surface area contributed by atoms with E-state index >= 15 is 0 Å². The van der Waals surface area contributed by atoms with Crippen molar-refractivity contribution in [2.45, 2.75) is 25.7 Å². The van der Waals surface area contributed by atoms with Gasteiger partial charge >= 0.3 is 0 Å². The van der Waals surface area contributed by atoms with E-state index in [2.05, 4.69) is 16.9 Å². The summed E-state index contributed by atoms with van der Waals surface area (Å²) in [6.45, 7) is 1.22. The van der Waals surface area contributed by atoms with Crippen molar-refractivity contribution in [1.82, 2.24) is 5.32 Å². The maximum absolute atomic E-state index is 11.8. The first-order valence-corrected chi connectivity index (χ1v) is 8.80. The molecule has 0 bridgehead atoms. The molecule has 0 spiro atoms. The third-order valence-electron chi connectivity index (χ3n) is 3.12. The van der Waals surface area contributed by atoms with Gasteiger partial charge in [-0.2, -0.15) is 11.8 Å². The number of hydrogen-bond donors (Lipinski definition) is 2. The third kappa shape index (κ3) is 7.97. The van der Waals surface area contributed by atoms with Gasteiger partial charge in [0.1, 0.15) is 5.75 Å². The summed E-state index contributed by atoms with van der Waals surface area (Å²) in [5.41, 5.74) is 0.712. The second-order valence-corrected chi connectivity index (χ2v) is 5.82. The van der Waals surface area contributed by atoms with E-state index in [4.69, 9.17) is 4.74 Å². The third-order valence-corrected chi connectivity index (χ3v) is 3.82. The van der Waals surface area contributed by atoms with Gasteiger partial charge in [-0.15, -0.1) is 0 Å². The lowest BCUT2D eigenvalue weighted by atomic mass is 10.2. The van der Waals surface area contributed by atoms with Crippen molar-refractivity contribution in [2.75, 3.05) is 37.5 Å². The summed E-state index contributed by atoms with van der Waals surface area (Å²) in [6.07, 6.45) is 7.05. The summed E-state index contributed by atoms with van der Waals surface area (Å²) in [5.74, 6) is 1.89. The number of hydrogen-bond acceptors (Lipinski definition) is 4. The van der Waals surface area contributed by atoms with Gasteiger partial charge < -0.3 is 15.4 Å². The molecule has 0 aliphatic heterocycles. The quantitative estimate of drug-likeness (QED) is 0.617. The number of nitrogens with one attached hydrogen (secondary N) is 2. The molecule has 4 nitrogen and oxygen atoms in total. The minimum atomic E-state index is -0.0399. The topological polar surface area (TPSA) is 50.4 Å². The highest BCUT2D eigenvalue weighted by atomic mass is 32.2. The number of para-hydroxylation sites is 2. The van der Waals surface area contributed by atoms with Gasteiger partial charge in [0.05, 0.1) is 19.3 Å². The monoisotopic (exact) mass is 310 g/mol. The average molecular weight is 310 g/mol. The minimum absolute atomic E-state index is 0.0399. The Morgan fingerprint density at radius 2 is 1.95 bits per heavy atom. The fraction of sp³-hybridized carbons (Fsp3) is 0.562. The molecule has 1 amide bonds. The minimum Gasteiger partial charge on any atom is -0.495 e. The van der Waals surface area contributed by atoms with E-state index in [1.165, 1.54) is 25.0 Å². The van der Waals surface area contributed by atoms with E-state index in [1.807, 2.05) is 36.0 Å². The molecule has 0 radical (unpaired) electrons. The largest absolute Gasteiger partial charge is 0.495 e. The second-order valence-electron chi connectivity index (χ2n) is 4.83. The number of carbonyl (C=O) groups is 1. The Morgan fingerprint density at radius 1 is 1.19 bits per heavy atom. The zero-order valence-corrected chi connectivity index (χ0v) is 13.8. The van der Waals surface area contributed by atoms with Crippen molar-refractivity contribution in [3.05, 3.63) is 24.3 Å². The SMILES string of the molecule is COc1ccccc1NC(=O)CNCCCCCCSC. The van der Waals surface area contributed by atoms with Gasteiger partial charge in [-0.3, -0.25) is 4.79 Å². The molecule has 1 rings (SSSR count). The van der Waals surface area contributed by atoms with Gasteiger partial charge in [0.2, 0.25) is 5.91 Å². The Bertz CT molecular complexity index is 413. The molecule has 0 atom stereocenters. The molecule has 0 fully saturated rings. The van der Waals surface area contributed by atoms with Gasteiger partial charge in [-0.05, 0) is 43.5 Å². The molecule has 118 valence electrons. The van der Waals surface area contributed by atoms with Crippen molar-refractivity contribution >= 4 is 23.4 Å². The summed E-state index contributed by atoms with van der Waals surface area (Å²) in [7, 11) is 1.60. The molecule has 0 aliphatic rings. The molecule has 0 saturated carbocycles.